The lowest BCUT2D eigenvalue weighted by Crippen LogP contribution is -2.50. The summed E-state index contributed by atoms with van der Waals surface area (Å²) >= 11 is 0. The lowest BCUT2D eigenvalue weighted by atomic mass is 10.1. The predicted molar refractivity (Wildman–Crippen MR) is 71.2 cm³/mol. The Morgan fingerprint density at radius 1 is 1.42 bits per heavy atom. The van der Waals surface area contributed by atoms with Crippen LogP contribution in [0.3, 0.4) is 0 Å². The van der Waals surface area contributed by atoms with Crippen LogP contribution in [-0.2, 0) is 11.3 Å². The molecule has 0 fully saturated rings. The fraction of sp³-hybridized carbons (Fsp3) is 0.385. The first kappa shape index (κ1) is 13.4. The fourth-order valence-electron chi connectivity index (χ4n) is 2.01. The van der Waals surface area contributed by atoms with Crippen molar-refractivity contribution in [1.29, 1.82) is 0 Å². The first-order valence-corrected chi connectivity index (χ1v) is 6.08. The molecule has 0 aromatic heterocycles. The minimum Gasteiger partial charge on any atom is -0.479 e. The SMILES string of the molecule is CNCc1ccc2c(c1)N(C(=O)NC)C(=O)C(C)O2. The van der Waals surface area contributed by atoms with E-state index in [1.165, 1.54) is 7.05 Å². The molecule has 6 nitrogen and oxygen atoms in total. The van der Waals surface area contributed by atoms with Crippen molar-refractivity contribution < 1.29 is 14.3 Å². The molecule has 2 N–H and O–H groups in total. The molecule has 1 aliphatic heterocycles. The van der Waals surface area contributed by atoms with Crippen LogP contribution in [0, 0.1) is 0 Å². The van der Waals surface area contributed by atoms with Crippen molar-refractivity contribution in [1.82, 2.24) is 10.6 Å². The van der Waals surface area contributed by atoms with Crippen molar-refractivity contribution in [2.75, 3.05) is 19.0 Å². The third-order valence-corrected chi connectivity index (χ3v) is 2.93. The molecule has 1 aromatic carbocycles. The quantitative estimate of drug-likeness (QED) is 0.830. The van der Waals surface area contributed by atoms with Gasteiger partial charge in [0.1, 0.15) is 5.75 Å². The summed E-state index contributed by atoms with van der Waals surface area (Å²) in [5.74, 6) is 0.170. The van der Waals surface area contributed by atoms with E-state index >= 15 is 0 Å². The maximum Gasteiger partial charge on any atom is 0.328 e. The lowest BCUT2D eigenvalue weighted by molar-refractivity contribution is -0.124. The van der Waals surface area contributed by atoms with E-state index in [0.29, 0.717) is 18.0 Å². The van der Waals surface area contributed by atoms with E-state index in [1.807, 2.05) is 13.1 Å². The highest BCUT2D eigenvalue weighted by Gasteiger charge is 2.35. The zero-order valence-electron chi connectivity index (χ0n) is 11.2. The molecular formula is C13H17N3O3. The lowest BCUT2D eigenvalue weighted by Gasteiger charge is -2.31. The van der Waals surface area contributed by atoms with Gasteiger partial charge in [0.2, 0.25) is 0 Å². The van der Waals surface area contributed by atoms with Gasteiger partial charge in [-0.05, 0) is 31.7 Å². The van der Waals surface area contributed by atoms with Crippen LogP contribution in [0.2, 0.25) is 0 Å². The number of amides is 3. The number of anilines is 1. The number of hydrogen-bond acceptors (Lipinski definition) is 4. The van der Waals surface area contributed by atoms with Crippen LogP contribution >= 0.6 is 0 Å². The van der Waals surface area contributed by atoms with Crippen LogP contribution in [0.15, 0.2) is 18.2 Å². The number of fused-ring (bicyclic) bond motifs is 1. The summed E-state index contributed by atoms with van der Waals surface area (Å²) in [6.07, 6.45) is -0.667. The van der Waals surface area contributed by atoms with E-state index in [-0.39, 0.29) is 5.91 Å². The molecule has 6 heteroatoms. The van der Waals surface area contributed by atoms with Crippen molar-refractivity contribution in [3.8, 4) is 5.75 Å². The molecule has 0 spiro atoms. The van der Waals surface area contributed by atoms with Gasteiger partial charge in [-0.15, -0.1) is 0 Å². The standard InChI is InChI=1S/C13H17N3O3/c1-8-12(17)16(13(18)15-3)10-6-9(7-14-2)4-5-11(10)19-8/h4-6,8,14H,7H2,1-3H3,(H,15,18). The number of carbonyl (C=O) groups is 2. The van der Waals surface area contributed by atoms with Crippen LogP contribution < -0.4 is 20.3 Å². The third-order valence-electron chi connectivity index (χ3n) is 2.93. The smallest absolute Gasteiger partial charge is 0.328 e. The van der Waals surface area contributed by atoms with Crippen LogP contribution in [0.25, 0.3) is 0 Å². The minimum atomic E-state index is -0.667. The van der Waals surface area contributed by atoms with Crippen LogP contribution in [-0.4, -0.2) is 32.1 Å². The second-order valence-electron chi connectivity index (χ2n) is 4.32. The summed E-state index contributed by atoms with van der Waals surface area (Å²) in [7, 11) is 3.33. The number of nitrogens with zero attached hydrogens (tertiary/aromatic N) is 1. The minimum absolute atomic E-state index is 0.367. The second-order valence-corrected chi connectivity index (χ2v) is 4.32. The van der Waals surface area contributed by atoms with Crippen molar-refractivity contribution in [2.24, 2.45) is 0 Å². The van der Waals surface area contributed by atoms with E-state index < -0.39 is 12.1 Å². The Labute approximate surface area is 111 Å². The Hall–Kier alpha value is -2.08. The van der Waals surface area contributed by atoms with Crippen molar-refractivity contribution in [3.63, 3.8) is 0 Å². The molecule has 2 rings (SSSR count). The largest absolute Gasteiger partial charge is 0.479 e. The van der Waals surface area contributed by atoms with E-state index in [1.54, 1.807) is 19.1 Å². The van der Waals surface area contributed by atoms with Crippen molar-refractivity contribution in [3.05, 3.63) is 23.8 Å². The number of nitrogens with one attached hydrogen (secondary N) is 2. The van der Waals surface area contributed by atoms with Gasteiger partial charge in [-0.25, -0.2) is 9.69 Å². The molecule has 1 atom stereocenters. The zero-order valence-corrected chi connectivity index (χ0v) is 11.2. The molecule has 1 aromatic rings. The summed E-state index contributed by atoms with van der Waals surface area (Å²) < 4.78 is 5.51. The molecule has 1 aliphatic rings. The Balaban J connectivity index is 2.47. The van der Waals surface area contributed by atoms with E-state index in [4.69, 9.17) is 4.74 Å². The van der Waals surface area contributed by atoms with Gasteiger partial charge in [-0.1, -0.05) is 6.07 Å². The average molecular weight is 263 g/mol. The molecule has 0 radical (unpaired) electrons. The number of rotatable bonds is 2. The maximum absolute atomic E-state index is 12.1. The molecule has 1 unspecified atom stereocenters. The molecule has 102 valence electrons. The summed E-state index contributed by atoms with van der Waals surface area (Å²) in [5, 5.41) is 5.50. The average Bonchev–Trinajstić information content (AvgIpc) is 2.40. The highest BCUT2D eigenvalue weighted by molar-refractivity contribution is 6.17. The molecule has 0 aliphatic carbocycles. The summed E-state index contributed by atoms with van der Waals surface area (Å²) in [5.41, 5.74) is 1.45. The van der Waals surface area contributed by atoms with Gasteiger partial charge in [-0.2, -0.15) is 0 Å². The Morgan fingerprint density at radius 2 is 2.16 bits per heavy atom. The highest BCUT2D eigenvalue weighted by atomic mass is 16.5. The molecule has 0 bridgehead atoms. The normalized spacial score (nSPS) is 17.7. The predicted octanol–water partition coefficient (Wildman–Crippen LogP) is 0.859. The molecule has 3 amide bonds. The number of carbonyl (C=O) groups excluding carboxylic acids is 2. The van der Waals surface area contributed by atoms with Gasteiger partial charge in [0.05, 0.1) is 5.69 Å². The third kappa shape index (κ3) is 2.39. The zero-order chi connectivity index (χ0) is 14.0. The Kier molecular flexibility index (Phi) is 3.71. The van der Waals surface area contributed by atoms with Gasteiger partial charge < -0.3 is 15.4 Å². The van der Waals surface area contributed by atoms with Crippen molar-refractivity contribution in [2.45, 2.75) is 19.6 Å². The van der Waals surface area contributed by atoms with Crippen LogP contribution in [0.1, 0.15) is 12.5 Å². The fourth-order valence-corrected chi connectivity index (χ4v) is 2.01. The molecular weight excluding hydrogens is 246 g/mol. The van der Waals surface area contributed by atoms with Crippen molar-refractivity contribution >= 4 is 17.6 Å². The molecule has 0 saturated heterocycles. The first-order chi connectivity index (χ1) is 9.08. The van der Waals surface area contributed by atoms with E-state index in [9.17, 15) is 9.59 Å². The Bertz CT molecular complexity index is 516. The number of imide groups is 1. The van der Waals surface area contributed by atoms with Gasteiger partial charge in [-0.3, -0.25) is 4.79 Å². The van der Waals surface area contributed by atoms with E-state index in [2.05, 4.69) is 10.6 Å². The summed E-state index contributed by atoms with van der Waals surface area (Å²) in [4.78, 5) is 25.1. The summed E-state index contributed by atoms with van der Waals surface area (Å²) in [6, 6.07) is 5.01. The second kappa shape index (κ2) is 5.27. The topological polar surface area (TPSA) is 70.7 Å². The van der Waals surface area contributed by atoms with Gasteiger partial charge in [0.15, 0.2) is 6.10 Å². The van der Waals surface area contributed by atoms with Gasteiger partial charge in [0.25, 0.3) is 5.91 Å². The van der Waals surface area contributed by atoms with Gasteiger partial charge in [0, 0.05) is 13.6 Å². The number of benzene rings is 1. The monoisotopic (exact) mass is 263 g/mol. The number of hydrogen-bond donors (Lipinski definition) is 2. The maximum atomic E-state index is 12.1. The first-order valence-electron chi connectivity index (χ1n) is 6.08. The highest BCUT2D eigenvalue weighted by Crippen LogP contribution is 2.34. The number of urea groups is 1. The molecule has 19 heavy (non-hydrogen) atoms. The summed E-state index contributed by atoms with van der Waals surface area (Å²) in [6.45, 7) is 2.28. The molecule has 1 heterocycles. The number of ether oxygens (including phenoxy) is 1. The van der Waals surface area contributed by atoms with Crippen LogP contribution in [0.5, 0.6) is 5.75 Å². The Morgan fingerprint density at radius 3 is 2.79 bits per heavy atom. The van der Waals surface area contributed by atoms with Gasteiger partial charge >= 0.3 is 6.03 Å². The van der Waals surface area contributed by atoms with E-state index in [0.717, 1.165) is 10.5 Å². The molecule has 0 saturated carbocycles. The van der Waals surface area contributed by atoms with Crippen LogP contribution in [0.4, 0.5) is 10.5 Å².